The SMILES string of the molecule is Cc1cscc1-c1noc(CNCC(C)C)n1. The van der Waals surface area contributed by atoms with Gasteiger partial charge < -0.3 is 9.84 Å². The van der Waals surface area contributed by atoms with Crippen LogP contribution in [-0.2, 0) is 6.54 Å². The average Bonchev–Trinajstić information content (AvgIpc) is 2.86. The lowest BCUT2D eigenvalue weighted by Gasteiger charge is -2.03. The maximum Gasteiger partial charge on any atom is 0.240 e. The summed E-state index contributed by atoms with van der Waals surface area (Å²) in [7, 11) is 0. The van der Waals surface area contributed by atoms with Crippen molar-refractivity contribution in [1.82, 2.24) is 15.5 Å². The number of aryl methyl sites for hydroxylation is 1. The molecule has 0 bridgehead atoms. The topological polar surface area (TPSA) is 51.0 Å². The molecular formula is C12H17N3OS. The van der Waals surface area contributed by atoms with Crippen LogP contribution in [0.2, 0.25) is 0 Å². The van der Waals surface area contributed by atoms with Crippen molar-refractivity contribution in [1.29, 1.82) is 0 Å². The highest BCUT2D eigenvalue weighted by Crippen LogP contribution is 2.23. The normalized spacial score (nSPS) is 11.3. The van der Waals surface area contributed by atoms with Crippen LogP contribution in [0.3, 0.4) is 0 Å². The molecule has 5 heteroatoms. The van der Waals surface area contributed by atoms with Crippen molar-refractivity contribution in [3.05, 3.63) is 22.2 Å². The third-order valence-corrected chi connectivity index (χ3v) is 3.25. The minimum Gasteiger partial charge on any atom is -0.338 e. The average molecular weight is 251 g/mol. The molecular weight excluding hydrogens is 234 g/mol. The Morgan fingerprint density at radius 1 is 1.41 bits per heavy atom. The molecule has 0 saturated heterocycles. The molecule has 0 fully saturated rings. The van der Waals surface area contributed by atoms with Gasteiger partial charge in [-0.3, -0.25) is 0 Å². The van der Waals surface area contributed by atoms with Crippen molar-refractivity contribution < 1.29 is 4.52 Å². The van der Waals surface area contributed by atoms with Crippen molar-refractivity contribution in [2.45, 2.75) is 27.3 Å². The van der Waals surface area contributed by atoms with E-state index in [1.54, 1.807) is 11.3 Å². The van der Waals surface area contributed by atoms with E-state index in [9.17, 15) is 0 Å². The monoisotopic (exact) mass is 251 g/mol. The highest BCUT2D eigenvalue weighted by Gasteiger charge is 2.11. The largest absolute Gasteiger partial charge is 0.338 e. The molecule has 0 aliphatic carbocycles. The summed E-state index contributed by atoms with van der Waals surface area (Å²) < 4.78 is 5.21. The molecule has 2 aromatic heterocycles. The van der Waals surface area contributed by atoms with Gasteiger partial charge in [0.1, 0.15) is 0 Å². The smallest absolute Gasteiger partial charge is 0.240 e. The van der Waals surface area contributed by atoms with E-state index in [4.69, 9.17) is 4.52 Å². The van der Waals surface area contributed by atoms with Gasteiger partial charge in [0.15, 0.2) is 0 Å². The molecule has 1 N–H and O–H groups in total. The van der Waals surface area contributed by atoms with Crippen molar-refractivity contribution in [3.63, 3.8) is 0 Å². The van der Waals surface area contributed by atoms with Crippen molar-refractivity contribution in [2.24, 2.45) is 5.92 Å². The van der Waals surface area contributed by atoms with E-state index in [2.05, 4.69) is 41.6 Å². The summed E-state index contributed by atoms with van der Waals surface area (Å²) >= 11 is 1.65. The van der Waals surface area contributed by atoms with Gasteiger partial charge >= 0.3 is 0 Å². The number of aromatic nitrogens is 2. The third kappa shape index (κ3) is 3.14. The zero-order chi connectivity index (χ0) is 12.3. The Balaban J connectivity index is 1.99. The van der Waals surface area contributed by atoms with Gasteiger partial charge in [0.2, 0.25) is 11.7 Å². The number of thiophene rings is 1. The van der Waals surface area contributed by atoms with E-state index < -0.39 is 0 Å². The molecule has 0 aliphatic rings. The van der Waals surface area contributed by atoms with Crippen LogP contribution in [0, 0.1) is 12.8 Å². The van der Waals surface area contributed by atoms with Crippen LogP contribution in [0.25, 0.3) is 11.4 Å². The van der Waals surface area contributed by atoms with Crippen molar-refractivity contribution in [3.8, 4) is 11.4 Å². The van der Waals surface area contributed by atoms with E-state index in [0.717, 1.165) is 12.1 Å². The summed E-state index contributed by atoms with van der Waals surface area (Å²) in [5.74, 6) is 1.95. The molecule has 4 nitrogen and oxygen atoms in total. The standard InChI is InChI=1S/C12H17N3OS/c1-8(2)4-13-5-11-14-12(15-16-11)10-7-17-6-9(10)3/h6-8,13H,4-5H2,1-3H3. The van der Waals surface area contributed by atoms with Crippen LogP contribution in [0.4, 0.5) is 0 Å². The van der Waals surface area contributed by atoms with E-state index >= 15 is 0 Å². The predicted octanol–water partition coefficient (Wildman–Crippen LogP) is 2.85. The van der Waals surface area contributed by atoms with Crippen LogP contribution in [0.5, 0.6) is 0 Å². The van der Waals surface area contributed by atoms with Crippen LogP contribution in [0.1, 0.15) is 25.3 Å². The maximum atomic E-state index is 5.21. The fraction of sp³-hybridized carbons (Fsp3) is 0.500. The Labute approximate surface area is 105 Å². The lowest BCUT2D eigenvalue weighted by molar-refractivity contribution is 0.364. The Bertz CT molecular complexity index is 476. The number of nitrogens with zero attached hydrogens (tertiary/aromatic N) is 2. The van der Waals surface area contributed by atoms with E-state index in [1.165, 1.54) is 5.56 Å². The van der Waals surface area contributed by atoms with Crippen molar-refractivity contribution >= 4 is 11.3 Å². The van der Waals surface area contributed by atoms with Gasteiger partial charge in [-0.2, -0.15) is 16.3 Å². The summed E-state index contributed by atoms with van der Waals surface area (Å²) in [4.78, 5) is 4.38. The maximum absolute atomic E-state index is 5.21. The van der Waals surface area contributed by atoms with Gasteiger partial charge in [0.05, 0.1) is 6.54 Å². The number of nitrogens with one attached hydrogen (secondary N) is 1. The molecule has 0 amide bonds. The van der Waals surface area contributed by atoms with E-state index in [0.29, 0.717) is 24.2 Å². The predicted molar refractivity (Wildman–Crippen MR) is 68.9 cm³/mol. The van der Waals surface area contributed by atoms with Gasteiger partial charge in [-0.15, -0.1) is 0 Å². The minimum atomic E-state index is 0.622. The second kappa shape index (κ2) is 5.42. The zero-order valence-electron chi connectivity index (χ0n) is 10.4. The quantitative estimate of drug-likeness (QED) is 0.887. The summed E-state index contributed by atoms with van der Waals surface area (Å²) in [5.41, 5.74) is 2.26. The van der Waals surface area contributed by atoms with Gasteiger partial charge in [-0.05, 0) is 30.3 Å². The summed E-state index contributed by atoms with van der Waals surface area (Å²) in [5, 5.41) is 11.4. The fourth-order valence-electron chi connectivity index (χ4n) is 1.49. The molecule has 0 saturated carbocycles. The lowest BCUT2D eigenvalue weighted by atomic mass is 10.2. The molecule has 0 spiro atoms. The number of rotatable bonds is 5. The first-order valence-corrected chi connectivity index (χ1v) is 6.67. The molecule has 0 radical (unpaired) electrons. The highest BCUT2D eigenvalue weighted by molar-refractivity contribution is 7.08. The first kappa shape index (κ1) is 12.3. The van der Waals surface area contributed by atoms with E-state index in [-0.39, 0.29) is 0 Å². The second-order valence-electron chi connectivity index (χ2n) is 4.50. The second-order valence-corrected chi connectivity index (χ2v) is 5.25. The Morgan fingerprint density at radius 3 is 2.88 bits per heavy atom. The molecule has 92 valence electrons. The van der Waals surface area contributed by atoms with E-state index in [1.807, 2.05) is 5.38 Å². The number of hydrogen-bond donors (Lipinski definition) is 1. The summed E-state index contributed by atoms with van der Waals surface area (Å²) in [6.07, 6.45) is 0. The first-order valence-electron chi connectivity index (χ1n) is 5.73. The van der Waals surface area contributed by atoms with Crippen LogP contribution in [-0.4, -0.2) is 16.7 Å². The molecule has 0 unspecified atom stereocenters. The van der Waals surface area contributed by atoms with Gasteiger partial charge in [0.25, 0.3) is 0 Å². The molecule has 0 aliphatic heterocycles. The summed E-state index contributed by atoms with van der Waals surface area (Å²) in [6.45, 7) is 7.98. The Kier molecular flexibility index (Phi) is 3.91. The minimum absolute atomic E-state index is 0.622. The molecule has 2 heterocycles. The van der Waals surface area contributed by atoms with Crippen LogP contribution < -0.4 is 5.32 Å². The fourth-order valence-corrected chi connectivity index (χ4v) is 2.32. The van der Waals surface area contributed by atoms with Gasteiger partial charge in [-0.1, -0.05) is 19.0 Å². The molecule has 0 aromatic carbocycles. The molecule has 17 heavy (non-hydrogen) atoms. The molecule has 2 aromatic rings. The van der Waals surface area contributed by atoms with Gasteiger partial charge in [-0.25, -0.2) is 0 Å². The van der Waals surface area contributed by atoms with Crippen molar-refractivity contribution in [2.75, 3.05) is 6.54 Å². The van der Waals surface area contributed by atoms with Crippen LogP contribution >= 0.6 is 11.3 Å². The van der Waals surface area contributed by atoms with Gasteiger partial charge in [0, 0.05) is 10.9 Å². The first-order chi connectivity index (χ1) is 8.16. The molecule has 2 rings (SSSR count). The Hall–Kier alpha value is -1.20. The highest BCUT2D eigenvalue weighted by atomic mass is 32.1. The lowest BCUT2D eigenvalue weighted by Crippen LogP contribution is -2.19. The molecule has 0 atom stereocenters. The number of hydrogen-bond acceptors (Lipinski definition) is 5. The third-order valence-electron chi connectivity index (χ3n) is 2.39. The Morgan fingerprint density at radius 2 is 2.24 bits per heavy atom. The van der Waals surface area contributed by atoms with Crippen LogP contribution in [0.15, 0.2) is 15.3 Å². The zero-order valence-corrected chi connectivity index (χ0v) is 11.2. The summed E-state index contributed by atoms with van der Waals surface area (Å²) in [6, 6.07) is 0.